The molecule has 0 amide bonds. The third kappa shape index (κ3) is 8.37. The Hall–Kier alpha value is 2.72. The molecule has 0 rings (SSSR count). The molecule has 4 nitrogen and oxygen atoms in total. The fraction of sp³-hybridized carbons (Fsp3) is 1.00. The molecule has 0 saturated heterocycles. The van der Waals surface area contributed by atoms with Gasteiger partial charge in [-0.15, -0.1) is 69.6 Å². The Morgan fingerprint density at radius 3 is 0.906 bits per heavy atom. The first kappa shape index (κ1) is 34.7. The molecule has 0 aromatic carbocycles. The van der Waals surface area contributed by atoms with E-state index in [1.807, 2.05) is 0 Å². The summed E-state index contributed by atoms with van der Waals surface area (Å²) >= 11 is 57.8. The van der Waals surface area contributed by atoms with Crippen LogP contribution >= 0.6 is 112 Å². The molecule has 0 bridgehead atoms. The van der Waals surface area contributed by atoms with Crippen LogP contribution in [-0.4, -0.2) is 47.4 Å². The second-order valence-electron chi connectivity index (χ2n) is 7.29. The summed E-state index contributed by atoms with van der Waals surface area (Å²) < 4.78 is 31.4. The van der Waals surface area contributed by atoms with E-state index >= 15 is 0 Å². The van der Waals surface area contributed by atoms with Crippen LogP contribution in [0.1, 0.15) is 60.8 Å². The zero-order chi connectivity index (χ0) is 25.7. The molecule has 0 aliphatic carbocycles. The highest BCUT2D eigenvalue weighted by Crippen LogP contribution is 2.64. The molecule has 0 aliphatic rings. The quantitative estimate of drug-likeness (QED) is 0.130. The highest BCUT2D eigenvalue weighted by molar-refractivity contribution is 7.48. The number of halogens is 9. The van der Waals surface area contributed by atoms with Gasteiger partial charge in [0.2, 0.25) is 0 Å². The van der Waals surface area contributed by atoms with Crippen molar-refractivity contribution in [2.24, 2.45) is 0 Å². The topological polar surface area (TPSA) is 44.8 Å². The summed E-state index contributed by atoms with van der Waals surface area (Å²) in [5, 5.41) is -11.4. The van der Waals surface area contributed by atoms with Gasteiger partial charge in [0.15, 0.2) is 15.2 Å². The molecule has 0 heterocycles. The van der Waals surface area contributed by atoms with Crippen LogP contribution in [0.3, 0.4) is 0 Å². The summed E-state index contributed by atoms with van der Waals surface area (Å²) in [7, 11) is -4.85. The van der Waals surface area contributed by atoms with E-state index in [4.69, 9.17) is 118 Å². The lowest BCUT2D eigenvalue weighted by Crippen LogP contribution is -2.49. The Balaban J connectivity index is 6.72. The number of rotatable bonds is 15. The maximum absolute atomic E-state index is 14.2. The predicted octanol–water partition coefficient (Wildman–Crippen LogP) is 9.88. The van der Waals surface area contributed by atoms with Gasteiger partial charge < -0.3 is 0 Å². The van der Waals surface area contributed by atoms with Crippen LogP contribution in [0.5, 0.6) is 0 Å². The molecule has 0 aromatic rings. The minimum Gasteiger partial charge on any atom is -0.261 e. The first-order chi connectivity index (χ1) is 14.4. The van der Waals surface area contributed by atoms with Gasteiger partial charge in [-0.3, -0.25) is 13.6 Å². The average molecular weight is 660 g/mol. The SMILES string of the molecule is CCC(Cl)C(Cl)(OP(=O)(OC(Cl)(C(C)Cl)C(Cl)CC)OC(Cl)(C(C)Cl)C(Cl)CC)C(C)Cl. The summed E-state index contributed by atoms with van der Waals surface area (Å²) in [6.45, 7) is 9.73. The van der Waals surface area contributed by atoms with E-state index in [1.165, 1.54) is 20.8 Å². The van der Waals surface area contributed by atoms with E-state index < -0.39 is 55.3 Å². The zero-order valence-corrected chi connectivity index (χ0v) is 26.3. The first-order valence-corrected chi connectivity index (χ1v) is 15.2. The molecular formula is C18H30Cl9O4P. The third-order valence-electron chi connectivity index (χ3n) is 4.74. The Kier molecular flexibility index (Phi) is 15.2. The van der Waals surface area contributed by atoms with Gasteiger partial charge in [-0.2, -0.15) is 0 Å². The number of phosphoric ester groups is 1. The molecule has 9 atom stereocenters. The van der Waals surface area contributed by atoms with Crippen LogP contribution in [0, 0.1) is 0 Å². The summed E-state index contributed by atoms with van der Waals surface area (Å²) in [4.78, 5) is 0. The van der Waals surface area contributed by atoms with Crippen molar-refractivity contribution in [3.63, 3.8) is 0 Å². The van der Waals surface area contributed by atoms with Gasteiger partial charge >= 0.3 is 7.82 Å². The van der Waals surface area contributed by atoms with E-state index in [-0.39, 0.29) is 0 Å². The number of hydrogen-bond donors (Lipinski definition) is 0. The van der Waals surface area contributed by atoms with E-state index in [0.717, 1.165) is 0 Å². The molecule has 9 unspecified atom stereocenters. The van der Waals surface area contributed by atoms with Crippen molar-refractivity contribution in [2.45, 2.75) is 108 Å². The number of alkyl halides is 9. The van der Waals surface area contributed by atoms with E-state index in [2.05, 4.69) is 0 Å². The maximum atomic E-state index is 14.2. The van der Waals surface area contributed by atoms with E-state index in [1.54, 1.807) is 20.8 Å². The maximum Gasteiger partial charge on any atom is 0.480 e. The summed E-state index contributed by atoms with van der Waals surface area (Å²) in [6.07, 6.45) is 0.911. The molecule has 0 spiro atoms. The van der Waals surface area contributed by atoms with Crippen LogP contribution in [-0.2, 0) is 18.1 Å². The highest BCUT2D eigenvalue weighted by atomic mass is 35.5. The Bertz CT molecular complexity index is 548. The van der Waals surface area contributed by atoms with Crippen LogP contribution in [0.4, 0.5) is 0 Å². The normalized spacial score (nSPS) is 25.8. The van der Waals surface area contributed by atoms with Gasteiger partial charge in [0.1, 0.15) is 0 Å². The van der Waals surface area contributed by atoms with Crippen LogP contribution in [0.25, 0.3) is 0 Å². The standard InChI is InChI=1S/C18H30Cl9O4P/c1-7-13(22)16(25,10(4)19)29-32(28,30-17(26,11(5)20)14(23)8-2)31-18(27,12(6)21)15(24)9-3/h10-15H,7-9H2,1-6H3. The molecule has 0 N–H and O–H groups in total. The van der Waals surface area contributed by atoms with Gasteiger partial charge in [0, 0.05) is 0 Å². The lowest BCUT2D eigenvalue weighted by molar-refractivity contribution is -0.00811. The van der Waals surface area contributed by atoms with Crippen molar-refractivity contribution in [2.75, 3.05) is 0 Å². The monoisotopic (exact) mass is 656 g/mol. The molecule has 0 saturated carbocycles. The van der Waals surface area contributed by atoms with Gasteiger partial charge in [-0.05, 0) is 40.0 Å². The van der Waals surface area contributed by atoms with Gasteiger partial charge in [0.25, 0.3) is 0 Å². The molecule has 0 aromatic heterocycles. The molecule has 194 valence electrons. The number of hydrogen-bond acceptors (Lipinski definition) is 4. The van der Waals surface area contributed by atoms with Crippen LogP contribution in [0.15, 0.2) is 0 Å². The van der Waals surface area contributed by atoms with Crippen LogP contribution < -0.4 is 0 Å². The second kappa shape index (κ2) is 14.0. The van der Waals surface area contributed by atoms with Crippen LogP contribution in [0.2, 0.25) is 0 Å². The lowest BCUT2D eigenvalue weighted by Gasteiger charge is -2.43. The Labute approximate surface area is 237 Å². The van der Waals surface area contributed by atoms with Crippen molar-refractivity contribution in [1.82, 2.24) is 0 Å². The molecule has 32 heavy (non-hydrogen) atoms. The summed E-state index contributed by atoms with van der Waals surface area (Å²) in [6, 6.07) is 0. The van der Waals surface area contributed by atoms with Crippen molar-refractivity contribution in [3.05, 3.63) is 0 Å². The highest BCUT2D eigenvalue weighted by Gasteiger charge is 2.58. The van der Waals surface area contributed by atoms with Crippen molar-refractivity contribution < 1.29 is 18.1 Å². The predicted molar refractivity (Wildman–Crippen MR) is 142 cm³/mol. The zero-order valence-electron chi connectivity index (χ0n) is 18.6. The van der Waals surface area contributed by atoms with E-state index in [0.29, 0.717) is 19.3 Å². The summed E-state index contributed by atoms with van der Waals surface area (Å²) in [5.41, 5.74) is 0. The second-order valence-corrected chi connectivity index (χ2v) is 14.0. The minimum absolute atomic E-state index is 0.304. The van der Waals surface area contributed by atoms with Gasteiger partial charge in [-0.1, -0.05) is 55.6 Å². The van der Waals surface area contributed by atoms with Gasteiger partial charge in [-0.25, -0.2) is 4.57 Å². The average Bonchev–Trinajstić information content (AvgIpc) is 2.70. The minimum atomic E-state index is -4.85. The molecule has 0 aliphatic heterocycles. The molecule has 14 heteroatoms. The summed E-state index contributed by atoms with van der Waals surface area (Å²) in [5.74, 6) is 0. The van der Waals surface area contributed by atoms with Crippen molar-refractivity contribution in [1.29, 1.82) is 0 Å². The lowest BCUT2D eigenvalue weighted by atomic mass is 10.1. The Morgan fingerprint density at radius 1 is 0.594 bits per heavy atom. The molecule has 0 radical (unpaired) electrons. The third-order valence-corrected chi connectivity index (χ3v) is 12.2. The molecule has 0 fully saturated rings. The first-order valence-electron chi connectivity index (χ1n) is 10.0. The van der Waals surface area contributed by atoms with Crippen molar-refractivity contribution >= 4 is 112 Å². The van der Waals surface area contributed by atoms with Crippen molar-refractivity contribution in [3.8, 4) is 0 Å². The fourth-order valence-corrected chi connectivity index (χ4v) is 7.62. The number of phosphoric acid groups is 1. The smallest absolute Gasteiger partial charge is 0.261 e. The van der Waals surface area contributed by atoms with Gasteiger partial charge in [0.05, 0.1) is 32.3 Å². The Morgan fingerprint density at radius 2 is 0.781 bits per heavy atom. The van der Waals surface area contributed by atoms with E-state index in [9.17, 15) is 4.57 Å². The fourth-order valence-electron chi connectivity index (χ4n) is 2.54. The molecular weight excluding hydrogens is 630 g/mol. The largest absolute Gasteiger partial charge is 0.480 e.